The van der Waals surface area contributed by atoms with E-state index in [0.29, 0.717) is 17.1 Å². The Hall–Kier alpha value is -3.32. The number of hydrogen-bond acceptors (Lipinski definition) is 4. The number of amides is 1. The van der Waals surface area contributed by atoms with Gasteiger partial charge in [0.2, 0.25) is 0 Å². The summed E-state index contributed by atoms with van der Waals surface area (Å²) >= 11 is 0. The summed E-state index contributed by atoms with van der Waals surface area (Å²) in [7, 11) is -3.71. The summed E-state index contributed by atoms with van der Waals surface area (Å²) in [6.07, 6.45) is 0. The monoisotopic (exact) mass is 424 g/mol. The van der Waals surface area contributed by atoms with Gasteiger partial charge in [0.15, 0.2) is 6.61 Å². The first kappa shape index (κ1) is 21.4. The Bertz CT molecular complexity index is 1140. The van der Waals surface area contributed by atoms with Crippen LogP contribution < -0.4 is 14.8 Å². The molecular formula is C23H24N2O4S. The molecule has 1 amide bonds. The standard InChI is InChI=1S/C23H24N2O4S/c1-16-4-7-20(8-5-16)25-30(27,28)22-12-9-19(10-13-22)24-23(26)15-29-21-11-6-17(2)18(3)14-21/h4-14,25H,15H2,1-3H3,(H,24,26). The van der Waals surface area contributed by atoms with Crippen molar-refractivity contribution in [2.45, 2.75) is 25.7 Å². The molecule has 0 saturated carbocycles. The molecule has 0 aromatic heterocycles. The fraction of sp³-hybridized carbons (Fsp3) is 0.174. The first-order valence-corrected chi connectivity index (χ1v) is 10.9. The summed E-state index contributed by atoms with van der Waals surface area (Å²) in [5.74, 6) is 0.290. The van der Waals surface area contributed by atoms with Crippen molar-refractivity contribution in [1.82, 2.24) is 0 Å². The zero-order valence-corrected chi connectivity index (χ0v) is 17.9. The highest BCUT2D eigenvalue weighted by molar-refractivity contribution is 7.92. The second-order valence-electron chi connectivity index (χ2n) is 7.08. The summed E-state index contributed by atoms with van der Waals surface area (Å²) in [6.45, 7) is 5.77. The molecule has 7 heteroatoms. The highest BCUT2D eigenvalue weighted by Gasteiger charge is 2.14. The van der Waals surface area contributed by atoms with E-state index in [4.69, 9.17) is 4.74 Å². The minimum absolute atomic E-state index is 0.104. The van der Waals surface area contributed by atoms with E-state index in [1.54, 1.807) is 12.1 Å². The molecule has 0 saturated heterocycles. The zero-order valence-electron chi connectivity index (χ0n) is 17.1. The van der Waals surface area contributed by atoms with Gasteiger partial charge in [-0.1, -0.05) is 23.8 Å². The predicted molar refractivity (Wildman–Crippen MR) is 118 cm³/mol. The third-order valence-corrected chi connectivity index (χ3v) is 6.00. The molecule has 0 radical (unpaired) electrons. The fourth-order valence-electron chi connectivity index (χ4n) is 2.70. The van der Waals surface area contributed by atoms with Crippen molar-refractivity contribution in [3.63, 3.8) is 0 Å². The van der Waals surface area contributed by atoms with Crippen LogP contribution in [0.5, 0.6) is 5.75 Å². The minimum Gasteiger partial charge on any atom is -0.484 e. The first-order valence-electron chi connectivity index (χ1n) is 9.42. The Morgan fingerprint density at radius 1 is 0.833 bits per heavy atom. The molecular weight excluding hydrogens is 400 g/mol. The molecule has 0 aliphatic heterocycles. The van der Waals surface area contributed by atoms with Gasteiger partial charge in [-0.15, -0.1) is 0 Å². The van der Waals surface area contributed by atoms with Crippen LogP contribution in [-0.4, -0.2) is 20.9 Å². The average Bonchev–Trinajstić information content (AvgIpc) is 2.71. The van der Waals surface area contributed by atoms with Gasteiger partial charge >= 0.3 is 0 Å². The van der Waals surface area contributed by atoms with E-state index in [9.17, 15) is 13.2 Å². The van der Waals surface area contributed by atoms with Crippen LogP contribution in [0, 0.1) is 20.8 Å². The van der Waals surface area contributed by atoms with E-state index in [0.717, 1.165) is 16.7 Å². The normalized spacial score (nSPS) is 11.0. The molecule has 6 nitrogen and oxygen atoms in total. The highest BCUT2D eigenvalue weighted by atomic mass is 32.2. The van der Waals surface area contributed by atoms with Crippen molar-refractivity contribution in [3.8, 4) is 5.75 Å². The van der Waals surface area contributed by atoms with Gasteiger partial charge in [0.05, 0.1) is 4.90 Å². The SMILES string of the molecule is Cc1ccc(NS(=O)(=O)c2ccc(NC(=O)COc3ccc(C)c(C)c3)cc2)cc1. The zero-order chi connectivity index (χ0) is 21.7. The number of rotatable bonds is 7. The Kier molecular flexibility index (Phi) is 6.42. The van der Waals surface area contributed by atoms with Gasteiger partial charge in [-0.2, -0.15) is 0 Å². The molecule has 3 aromatic rings. The van der Waals surface area contributed by atoms with Crippen molar-refractivity contribution in [2.75, 3.05) is 16.6 Å². The molecule has 0 aliphatic rings. The predicted octanol–water partition coefficient (Wildman–Crippen LogP) is 4.43. The fourth-order valence-corrected chi connectivity index (χ4v) is 3.76. The van der Waals surface area contributed by atoms with E-state index < -0.39 is 10.0 Å². The van der Waals surface area contributed by atoms with Crippen molar-refractivity contribution >= 4 is 27.3 Å². The Morgan fingerprint density at radius 2 is 1.47 bits per heavy atom. The Labute approximate surface area is 177 Å². The van der Waals surface area contributed by atoms with Crippen LogP contribution in [0.4, 0.5) is 11.4 Å². The topological polar surface area (TPSA) is 84.5 Å². The number of ether oxygens (including phenoxy) is 1. The summed E-state index contributed by atoms with van der Waals surface area (Å²) in [6, 6.07) is 18.7. The third-order valence-electron chi connectivity index (χ3n) is 4.60. The molecule has 156 valence electrons. The van der Waals surface area contributed by atoms with Crippen molar-refractivity contribution in [1.29, 1.82) is 0 Å². The molecule has 3 rings (SSSR count). The molecule has 3 aromatic carbocycles. The number of aryl methyl sites for hydroxylation is 3. The minimum atomic E-state index is -3.71. The van der Waals surface area contributed by atoms with Crippen LogP contribution >= 0.6 is 0 Å². The number of hydrogen-bond donors (Lipinski definition) is 2. The quantitative estimate of drug-likeness (QED) is 0.588. The molecule has 0 unspecified atom stereocenters. The first-order chi connectivity index (χ1) is 14.2. The number of carbonyl (C=O) groups excluding carboxylic acids is 1. The van der Waals surface area contributed by atoms with Crippen molar-refractivity contribution in [3.05, 3.63) is 83.4 Å². The van der Waals surface area contributed by atoms with Crippen LogP contribution in [0.25, 0.3) is 0 Å². The lowest BCUT2D eigenvalue weighted by Gasteiger charge is -2.11. The van der Waals surface area contributed by atoms with Crippen LogP contribution in [-0.2, 0) is 14.8 Å². The van der Waals surface area contributed by atoms with E-state index in [-0.39, 0.29) is 17.4 Å². The molecule has 0 fully saturated rings. The summed E-state index contributed by atoms with van der Waals surface area (Å²) < 4.78 is 33.1. The van der Waals surface area contributed by atoms with Crippen LogP contribution in [0.3, 0.4) is 0 Å². The van der Waals surface area contributed by atoms with Crippen molar-refractivity contribution in [2.24, 2.45) is 0 Å². The maximum absolute atomic E-state index is 12.5. The lowest BCUT2D eigenvalue weighted by molar-refractivity contribution is -0.118. The second-order valence-corrected chi connectivity index (χ2v) is 8.76. The maximum atomic E-state index is 12.5. The highest BCUT2D eigenvalue weighted by Crippen LogP contribution is 2.19. The van der Waals surface area contributed by atoms with Gasteiger partial charge in [0.25, 0.3) is 15.9 Å². The lowest BCUT2D eigenvalue weighted by atomic mass is 10.1. The smallest absolute Gasteiger partial charge is 0.262 e. The summed E-state index contributed by atoms with van der Waals surface area (Å²) in [5, 5.41) is 2.69. The van der Waals surface area contributed by atoms with E-state index in [2.05, 4.69) is 10.0 Å². The van der Waals surface area contributed by atoms with Crippen LogP contribution in [0.1, 0.15) is 16.7 Å². The van der Waals surface area contributed by atoms with Gasteiger partial charge in [-0.3, -0.25) is 9.52 Å². The average molecular weight is 425 g/mol. The van der Waals surface area contributed by atoms with E-state index in [1.807, 2.05) is 51.1 Å². The molecule has 0 heterocycles. The number of carbonyl (C=O) groups is 1. The third kappa shape index (κ3) is 5.61. The Morgan fingerprint density at radius 3 is 2.10 bits per heavy atom. The molecule has 0 aliphatic carbocycles. The molecule has 2 N–H and O–H groups in total. The van der Waals surface area contributed by atoms with Crippen molar-refractivity contribution < 1.29 is 17.9 Å². The van der Waals surface area contributed by atoms with Crippen LogP contribution in [0.15, 0.2) is 71.6 Å². The molecule has 0 bridgehead atoms. The number of nitrogens with one attached hydrogen (secondary N) is 2. The second kappa shape index (κ2) is 9.00. The van der Waals surface area contributed by atoms with Gasteiger partial charge in [0, 0.05) is 11.4 Å². The van der Waals surface area contributed by atoms with Gasteiger partial charge in [0.1, 0.15) is 5.75 Å². The molecule has 30 heavy (non-hydrogen) atoms. The van der Waals surface area contributed by atoms with E-state index >= 15 is 0 Å². The number of benzene rings is 3. The largest absolute Gasteiger partial charge is 0.484 e. The van der Waals surface area contributed by atoms with Crippen LogP contribution in [0.2, 0.25) is 0 Å². The van der Waals surface area contributed by atoms with Gasteiger partial charge < -0.3 is 10.1 Å². The number of anilines is 2. The molecule has 0 atom stereocenters. The lowest BCUT2D eigenvalue weighted by Crippen LogP contribution is -2.20. The summed E-state index contributed by atoms with van der Waals surface area (Å²) in [4.78, 5) is 12.2. The van der Waals surface area contributed by atoms with Gasteiger partial charge in [-0.05, 0) is 80.4 Å². The van der Waals surface area contributed by atoms with Gasteiger partial charge in [-0.25, -0.2) is 8.42 Å². The maximum Gasteiger partial charge on any atom is 0.262 e. The molecule has 0 spiro atoms. The Balaban J connectivity index is 1.58. The summed E-state index contributed by atoms with van der Waals surface area (Å²) in [5.41, 5.74) is 4.25. The number of sulfonamides is 1. The van der Waals surface area contributed by atoms with E-state index in [1.165, 1.54) is 24.3 Å².